The summed E-state index contributed by atoms with van der Waals surface area (Å²) in [5.74, 6) is 1.52. The fourth-order valence-electron chi connectivity index (χ4n) is 4.31. The fraction of sp³-hybridized carbons (Fsp3) is 0.0769. The van der Waals surface area contributed by atoms with Crippen LogP contribution in [0.5, 0.6) is 11.5 Å². The van der Waals surface area contributed by atoms with Gasteiger partial charge >= 0.3 is 0 Å². The van der Waals surface area contributed by atoms with E-state index in [2.05, 4.69) is 30.3 Å². The third-order valence-electron chi connectivity index (χ3n) is 5.56. The summed E-state index contributed by atoms with van der Waals surface area (Å²) >= 11 is 0. The van der Waals surface area contributed by atoms with E-state index in [1.54, 1.807) is 7.11 Å². The minimum atomic E-state index is -0.812. The molecule has 1 heterocycles. The van der Waals surface area contributed by atoms with Crippen molar-refractivity contribution in [2.24, 2.45) is 0 Å². The van der Waals surface area contributed by atoms with Crippen molar-refractivity contribution in [3.63, 3.8) is 0 Å². The quantitative estimate of drug-likeness (QED) is 0.469. The van der Waals surface area contributed by atoms with E-state index in [1.165, 1.54) is 0 Å². The predicted molar refractivity (Wildman–Crippen MR) is 116 cm³/mol. The average molecular weight is 379 g/mol. The van der Waals surface area contributed by atoms with Crippen LogP contribution in [-0.4, -0.2) is 7.11 Å². The first-order valence-electron chi connectivity index (χ1n) is 9.62. The van der Waals surface area contributed by atoms with Crippen molar-refractivity contribution < 1.29 is 9.47 Å². The molecule has 0 aliphatic carbocycles. The van der Waals surface area contributed by atoms with Crippen molar-refractivity contribution in [1.29, 1.82) is 0 Å². The number of ether oxygens (including phenoxy) is 2. The number of nitrogens with two attached hydrogens (primary N) is 1. The normalized spacial score (nSPS) is 13.7. The Morgan fingerprint density at radius 3 is 1.93 bits per heavy atom. The summed E-state index contributed by atoms with van der Waals surface area (Å²) in [6, 6.07) is 32.5. The largest absolute Gasteiger partial charge is 0.496 e. The van der Waals surface area contributed by atoms with Crippen LogP contribution in [0.4, 0.5) is 5.69 Å². The molecule has 4 aromatic rings. The van der Waals surface area contributed by atoms with E-state index in [9.17, 15) is 0 Å². The first-order valence-corrected chi connectivity index (χ1v) is 9.62. The van der Waals surface area contributed by atoms with Gasteiger partial charge in [0.25, 0.3) is 0 Å². The van der Waals surface area contributed by atoms with E-state index in [4.69, 9.17) is 15.2 Å². The van der Waals surface area contributed by atoms with Crippen LogP contribution < -0.4 is 15.2 Å². The Morgan fingerprint density at radius 1 is 0.690 bits per heavy atom. The number of rotatable bonds is 3. The van der Waals surface area contributed by atoms with Gasteiger partial charge in [-0.2, -0.15) is 0 Å². The summed E-state index contributed by atoms with van der Waals surface area (Å²) < 4.78 is 12.6. The molecule has 29 heavy (non-hydrogen) atoms. The second-order valence-electron chi connectivity index (χ2n) is 7.12. The molecule has 0 fully saturated rings. The molecule has 0 aromatic heterocycles. The second-order valence-corrected chi connectivity index (χ2v) is 7.12. The molecule has 0 spiro atoms. The Morgan fingerprint density at radius 2 is 1.31 bits per heavy atom. The van der Waals surface area contributed by atoms with E-state index in [1.807, 2.05) is 66.7 Å². The van der Waals surface area contributed by atoms with Gasteiger partial charge in [-0.05, 0) is 18.2 Å². The van der Waals surface area contributed by atoms with Gasteiger partial charge in [0, 0.05) is 27.9 Å². The third-order valence-corrected chi connectivity index (χ3v) is 5.56. The van der Waals surface area contributed by atoms with Crippen LogP contribution in [0.25, 0.3) is 11.1 Å². The molecule has 142 valence electrons. The Balaban J connectivity index is 1.94. The van der Waals surface area contributed by atoms with E-state index < -0.39 is 5.60 Å². The number of benzene rings is 4. The number of methoxy groups -OCH3 is 1. The lowest BCUT2D eigenvalue weighted by Crippen LogP contribution is -2.39. The highest BCUT2D eigenvalue weighted by Gasteiger charge is 2.45. The standard InChI is InChI=1S/C26H21NO2/c1-28-22-16-8-14-20-24(22)25-21(27)15-9-17-23(25)29-26(20,18-10-4-2-5-11-18)19-12-6-3-7-13-19/h2-17H,27H2,1H3. The number of anilines is 1. The van der Waals surface area contributed by atoms with Crippen molar-refractivity contribution in [3.05, 3.63) is 114 Å². The molecule has 0 saturated heterocycles. The maximum atomic E-state index is 6.86. The van der Waals surface area contributed by atoms with Crippen LogP contribution in [0.1, 0.15) is 16.7 Å². The van der Waals surface area contributed by atoms with Gasteiger partial charge in [0.15, 0.2) is 5.60 Å². The smallest absolute Gasteiger partial charge is 0.185 e. The molecule has 0 radical (unpaired) electrons. The topological polar surface area (TPSA) is 44.5 Å². The molecule has 3 heteroatoms. The van der Waals surface area contributed by atoms with Crippen molar-refractivity contribution in [1.82, 2.24) is 0 Å². The number of hydrogen-bond donors (Lipinski definition) is 1. The highest BCUT2D eigenvalue weighted by molar-refractivity contribution is 5.90. The van der Waals surface area contributed by atoms with Gasteiger partial charge in [0.05, 0.1) is 12.7 Å². The van der Waals surface area contributed by atoms with Crippen LogP contribution in [0, 0.1) is 0 Å². The average Bonchev–Trinajstić information content (AvgIpc) is 2.79. The SMILES string of the molecule is COc1cccc2c1-c1c(N)cccc1OC2(c1ccccc1)c1ccccc1. The van der Waals surface area contributed by atoms with E-state index >= 15 is 0 Å². The zero-order valence-electron chi connectivity index (χ0n) is 16.1. The molecule has 1 aliphatic heterocycles. The summed E-state index contributed by atoms with van der Waals surface area (Å²) in [7, 11) is 1.69. The van der Waals surface area contributed by atoms with Crippen LogP contribution >= 0.6 is 0 Å². The van der Waals surface area contributed by atoms with Crippen molar-refractivity contribution in [2.45, 2.75) is 5.60 Å². The highest BCUT2D eigenvalue weighted by atomic mass is 16.5. The van der Waals surface area contributed by atoms with Gasteiger partial charge in [-0.1, -0.05) is 78.9 Å². The van der Waals surface area contributed by atoms with Crippen LogP contribution in [0.15, 0.2) is 97.1 Å². The predicted octanol–water partition coefficient (Wildman–Crippen LogP) is 5.63. The molecule has 2 N–H and O–H groups in total. The molecule has 5 rings (SSSR count). The minimum Gasteiger partial charge on any atom is -0.496 e. The minimum absolute atomic E-state index is 0.669. The van der Waals surface area contributed by atoms with Gasteiger partial charge in [0.1, 0.15) is 11.5 Å². The van der Waals surface area contributed by atoms with Gasteiger partial charge < -0.3 is 15.2 Å². The zero-order valence-corrected chi connectivity index (χ0v) is 16.1. The molecule has 4 aromatic carbocycles. The first-order chi connectivity index (χ1) is 14.3. The summed E-state index contributed by atoms with van der Waals surface area (Å²) in [6.07, 6.45) is 0. The van der Waals surface area contributed by atoms with Gasteiger partial charge in [-0.3, -0.25) is 0 Å². The Hall–Kier alpha value is -3.72. The molecule has 0 unspecified atom stereocenters. The molecule has 3 nitrogen and oxygen atoms in total. The Labute approximate surface area is 170 Å². The number of nitrogen functional groups attached to an aromatic ring is 1. The third kappa shape index (κ3) is 2.51. The van der Waals surface area contributed by atoms with Crippen molar-refractivity contribution in [2.75, 3.05) is 12.8 Å². The van der Waals surface area contributed by atoms with Gasteiger partial charge in [0.2, 0.25) is 0 Å². The Kier molecular flexibility index (Phi) is 4.02. The molecule has 1 aliphatic rings. The van der Waals surface area contributed by atoms with E-state index in [-0.39, 0.29) is 0 Å². The van der Waals surface area contributed by atoms with Crippen LogP contribution in [-0.2, 0) is 5.60 Å². The van der Waals surface area contributed by atoms with Crippen molar-refractivity contribution >= 4 is 5.69 Å². The first kappa shape index (κ1) is 17.4. The van der Waals surface area contributed by atoms with E-state index in [0.29, 0.717) is 5.69 Å². The molecule has 0 bridgehead atoms. The summed E-state index contributed by atoms with van der Waals surface area (Å²) in [5.41, 5.74) is 11.2. The number of hydrogen-bond acceptors (Lipinski definition) is 3. The maximum Gasteiger partial charge on any atom is 0.185 e. The Bertz CT molecular complexity index is 1130. The summed E-state index contributed by atoms with van der Waals surface area (Å²) in [4.78, 5) is 0. The van der Waals surface area contributed by atoms with Crippen LogP contribution in [0.3, 0.4) is 0 Å². The second kappa shape index (κ2) is 6.71. The molecule has 0 atom stereocenters. The highest BCUT2D eigenvalue weighted by Crippen LogP contribution is 2.55. The molecule has 0 saturated carbocycles. The lowest BCUT2D eigenvalue weighted by Gasteiger charge is -2.42. The fourth-order valence-corrected chi connectivity index (χ4v) is 4.31. The lowest BCUT2D eigenvalue weighted by atomic mass is 9.74. The van der Waals surface area contributed by atoms with Crippen LogP contribution in [0.2, 0.25) is 0 Å². The molecular weight excluding hydrogens is 358 g/mol. The summed E-state index contributed by atoms with van der Waals surface area (Å²) in [5, 5.41) is 0. The van der Waals surface area contributed by atoms with Gasteiger partial charge in [-0.25, -0.2) is 0 Å². The number of fused-ring (bicyclic) bond motifs is 3. The maximum absolute atomic E-state index is 6.86. The lowest BCUT2D eigenvalue weighted by molar-refractivity contribution is 0.151. The zero-order chi connectivity index (χ0) is 19.8. The van der Waals surface area contributed by atoms with Gasteiger partial charge in [-0.15, -0.1) is 0 Å². The van der Waals surface area contributed by atoms with E-state index in [0.717, 1.165) is 39.3 Å². The summed E-state index contributed by atoms with van der Waals surface area (Å²) in [6.45, 7) is 0. The molecular formula is C26H21NO2. The molecule has 0 amide bonds. The monoisotopic (exact) mass is 379 g/mol. The van der Waals surface area contributed by atoms with Crippen molar-refractivity contribution in [3.8, 4) is 22.6 Å².